The predicted molar refractivity (Wildman–Crippen MR) is 77.0 cm³/mol. The lowest BCUT2D eigenvalue weighted by molar-refractivity contribution is -0.137. The number of anilines is 1. The smallest absolute Gasteiger partial charge is 0.385 e. The van der Waals surface area contributed by atoms with E-state index in [1.807, 2.05) is 0 Å². The fourth-order valence-corrected chi connectivity index (χ4v) is 1.71. The second kappa shape index (κ2) is 7.90. The first-order chi connectivity index (χ1) is 9.79. The van der Waals surface area contributed by atoms with Crippen molar-refractivity contribution in [1.82, 2.24) is 5.32 Å². The van der Waals surface area contributed by atoms with Crippen LogP contribution in [0, 0.1) is 5.92 Å². The van der Waals surface area contributed by atoms with Crippen molar-refractivity contribution in [2.75, 3.05) is 18.4 Å². The molecule has 0 saturated heterocycles. The zero-order valence-electron chi connectivity index (χ0n) is 12.3. The second-order valence-corrected chi connectivity index (χ2v) is 5.29. The lowest BCUT2D eigenvalue weighted by Gasteiger charge is -2.11. The Balaban J connectivity index is 2.34. The van der Waals surface area contributed by atoms with Crippen LogP contribution < -0.4 is 10.6 Å². The van der Waals surface area contributed by atoms with Gasteiger partial charge in [-0.05, 0) is 30.5 Å². The third kappa shape index (κ3) is 7.02. The fraction of sp³-hybridized carbons (Fsp3) is 0.533. The van der Waals surface area contributed by atoms with Crippen LogP contribution in [0.4, 0.5) is 18.9 Å². The van der Waals surface area contributed by atoms with Gasteiger partial charge in [0.15, 0.2) is 0 Å². The molecule has 0 bridgehead atoms. The van der Waals surface area contributed by atoms with Gasteiger partial charge in [0.2, 0.25) is 5.91 Å². The van der Waals surface area contributed by atoms with Gasteiger partial charge in [0, 0.05) is 25.2 Å². The van der Waals surface area contributed by atoms with E-state index < -0.39 is 11.7 Å². The van der Waals surface area contributed by atoms with Crippen LogP contribution >= 0.6 is 0 Å². The van der Waals surface area contributed by atoms with Crippen molar-refractivity contribution in [3.8, 4) is 0 Å². The Bertz CT molecular complexity index is 458. The molecule has 0 saturated carbocycles. The summed E-state index contributed by atoms with van der Waals surface area (Å²) in [4.78, 5) is 11.5. The lowest BCUT2D eigenvalue weighted by Crippen LogP contribution is -2.27. The number of amides is 1. The lowest BCUT2D eigenvalue weighted by atomic mass is 10.1. The van der Waals surface area contributed by atoms with Crippen molar-refractivity contribution in [2.24, 2.45) is 5.92 Å². The van der Waals surface area contributed by atoms with E-state index in [0.717, 1.165) is 18.6 Å². The molecule has 0 aliphatic rings. The highest BCUT2D eigenvalue weighted by Crippen LogP contribution is 2.30. The van der Waals surface area contributed by atoms with Crippen LogP contribution in [0.5, 0.6) is 0 Å². The molecule has 1 amide bonds. The van der Waals surface area contributed by atoms with Crippen LogP contribution in [0.1, 0.15) is 32.3 Å². The Morgan fingerprint density at radius 3 is 2.57 bits per heavy atom. The summed E-state index contributed by atoms with van der Waals surface area (Å²) in [6, 6.07) is 4.94. The minimum Gasteiger partial charge on any atom is -0.385 e. The number of nitrogens with one attached hydrogen (secondary N) is 2. The first kappa shape index (κ1) is 17.3. The van der Waals surface area contributed by atoms with Crippen molar-refractivity contribution in [1.29, 1.82) is 0 Å². The van der Waals surface area contributed by atoms with Gasteiger partial charge in [0.1, 0.15) is 0 Å². The maximum Gasteiger partial charge on any atom is 0.416 e. The van der Waals surface area contributed by atoms with E-state index in [0.29, 0.717) is 24.7 Å². The molecule has 0 unspecified atom stereocenters. The van der Waals surface area contributed by atoms with Gasteiger partial charge >= 0.3 is 6.18 Å². The van der Waals surface area contributed by atoms with Gasteiger partial charge < -0.3 is 10.6 Å². The van der Waals surface area contributed by atoms with Crippen molar-refractivity contribution in [2.45, 2.75) is 32.9 Å². The minimum atomic E-state index is -4.36. The number of halogens is 3. The maximum absolute atomic E-state index is 12.5. The molecule has 0 aliphatic heterocycles. The Hall–Kier alpha value is -1.72. The van der Waals surface area contributed by atoms with Gasteiger partial charge in [0.25, 0.3) is 0 Å². The largest absolute Gasteiger partial charge is 0.416 e. The summed E-state index contributed by atoms with van der Waals surface area (Å²) in [5.74, 6) is 0.420. The number of rotatable bonds is 7. The molecule has 118 valence electrons. The van der Waals surface area contributed by atoms with Gasteiger partial charge in [-0.2, -0.15) is 13.2 Å². The molecular formula is C15H21F3N2O. The van der Waals surface area contributed by atoms with E-state index in [-0.39, 0.29) is 12.3 Å². The Morgan fingerprint density at radius 1 is 1.24 bits per heavy atom. The number of benzene rings is 1. The monoisotopic (exact) mass is 302 g/mol. The number of alkyl halides is 3. The molecular weight excluding hydrogens is 281 g/mol. The van der Waals surface area contributed by atoms with Gasteiger partial charge in [-0.1, -0.05) is 19.9 Å². The van der Waals surface area contributed by atoms with Crippen LogP contribution in [-0.2, 0) is 11.0 Å². The van der Waals surface area contributed by atoms with Crippen LogP contribution in [-0.4, -0.2) is 19.0 Å². The van der Waals surface area contributed by atoms with Gasteiger partial charge in [0.05, 0.1) is 5.56 Å². The molecule has 2 N–H and O–H groups in total. The molecule has 1 aromatic rings. The number of hydrogen-bond donors (Lipinski definition) is 2. The zero-order chi connectivity index (χ0) is 15.9. The topological polar surface area (TPSA) is 41.1 Å². The average molecular weight is 302 g/mol. The summed E-state index contributed by atoms with van der Waals surface area (Å²) >= 11 is 0. The molecule has 1 rings (SSSR count). The molecule has 21 heavy (non-hydrogen) atoms. The van der Waals surface area contributed by atoms with Crippen LogP contribution in [0.2, 0.25) is 0 Å². The predicted octanol–water partition coefficient (Wildman–Crippen LogP) is 3.67. The molecule has 0 atom stereocenters. The van der Waals surface area contributed by atoms with Crippen LogP contribution in [0.3, 0.4) is 0 Å². The molecule has 0 heterocycles. The highest BCUT2D eigenvalue weighted by Gasteiger charge is 2.30. The quantitative estimate of drug-likeness (QED) is 0.807. The second-order valence-electron chi connectivity index (χ2n) is 5.29. The zero-order valence-corrected chi connectivity index (χ0v) is 12.3. The van der Waals surface area contributed by atoms with E-state index in [1.54, 1.807) is 6.07 Å². The number of hydrogen-bond acceptors (Lipinski definition) is 2. The highest BCUT2D eigenvalue weighted by molar-refractivity contribution is 5.76. The summed E-state index contributed by atoms with van der Waals surface area (Å²) in [5, 5.41) is 5.60. The third-order valence-electron chi connectivity index (χ3n) is 2.91. The standard InChI is InChI=1S/C15H21F3N2O/c1-11(2)6-8-20-14(21)7-9-19-13-5-3-4-12(10-13)15(16,17)18/h3-5,10-11,19H,6-9H2,1-2H3,(H,20,21). The third-order valence-corrected chi connectivity index (χ3v) is 2.91. The first-order valence-electron chi connectivity index (χ1n) is 6.97. The van der Waals surface area contributed by atoms with Crippen LogP contribution in [0.15, 0.2) is 24.3 Å². The van der Waals surface area contributed by atoms with Crippen molar-refractivity contribution in [3.63, 3.8) is 0 Å². The molecule has 1 aromatic carbocycles. The van der Waals surface area contributed by atoms with E-state index in [4.69, 9.17) is 0 Å². The fourth-order valence-electron chi connectivity index (χ4n) is 1.71. The summed E-state index contributed by atoms with van der Waals surface area (Å²) < 4.78 is 37.6. The molecule has 0 fully saturated rings. The summed E-state index contributed by atoms with van der Waals surface area (Å²) in [7, 11) is 0. The van der Waals surface area contributed by atoms with E-state index in [2.05, 4.69) is 24.5 Å². The van der Waals surface area contributed by atoms with Crippen molar-refractivity contribution >= 4 is 11.6 Å². The Labute approximate surface area is 122 Å². The van der Waals surface area contributed by atoms with Crippen molar-refractivity contribution in [3.05, 3.63) is 29.8 Å². The SMILES string of the molecule is CC(C)CCNC(=O)CCNc1cccc(C(F)(F)F)c1. The minimum absolute atomic E-state index is 0.102. The Kier molecular flexibility index (Phi) is 6.52. The molecule has 0 spiro atoms. The summed E-state index contributed by atoms with van der Waals surface area (Å²) in [6.45, 7) is 5.07. The van der Waals surface area contributed by atoms with Gasteiger partial charge in [-0.15, -0.1) is 0 Å². The normalized spacial score (nSPS) is 11.5. The van der Waals surface area contributed by atoms with E-state index in [9.17, 15) is 18.0 Å². The molecule has 0 aromatic heterocycles. The van der Waals surface area contributed by atoms with E-state index in [1.165, 1.54) is 6.07 Å². The van der Waals surface area contributed by atoms with Crippen LogP contribution in [0.25, 0.3) is 0 Å². The number of carbonyl (C=O) groups is 1. The first-order valence-corrected chi connectivity index (χ1v) is 6.97. The summed E-state index contributed by atoms with van der Waals surface area (Å²) in [6.07, 6.45) is -3.22. The van der Waals surface area contributed by atoms with E-state index >= 15 is 0 Å². The highest BCUT2D eigenvalue weighted by atomic mass is 19.4. The van der Waals surface area contributed by atoms with Gasteiger partial charge in [-0.25, -0.2) is 0 Å². The maximum atomic E-state index is 12.5. The molecule has 0 radical (unpaired) electrons. The molecule has 0 aliphatic carbocycles. The average Bonchev–Trinajstić information content (AvgIpc) is 2.37. The summed E-state index contributed by atoms with van der Waals surface area (Å²) in [5.41, 5.74) is -0.339. The van der Waals surface area contributed by atoms with Crippen molar-refractivity contribution < 1.29 is 18.0 Å². The molecule has 6 heteroatoms. The van der Waals surface area contributed by atoms with Gasteiger partial charge in [-0.3, -0.25) is 4.79 Å². The number of carbonyl (C=O) groups excluding carboxylic acids is 1. The Morgan fingerprint density at radius 2 is 1.95 bits per heavy atom. The molecule has 3 nitrogen and oxygen atoms in total.